The largest absolute Gasteiger partial charge is 0.489 e. The van der Waals surface area contributed by atoms with Crippen LogP contribution in [0.15, 0.2) is 18.2 Å². The van der Waals surface area contributed by atoms with Crippen LogP contribution in [-0.4, -0.2) is 32.3 Å². The van der Waals surface area contributed by atoms with Gasteiger partial charge >= 0.3 is 0 Å². The third-order valence-electron chi connectivity index (χ3n) is 2.20. The van der Waals surface area contributed by atoms with Gasteiger partial charge in [0.2, 0.25) is 0 Å². The number of benzene rings is 1. The van der Waals surface area contributed by atoms with Crippen molar-refractivity contribution in [3.8, 4) is 5.75 Å². The van der Waals surface area contributed by atoms with Crippen LogP contribution in [0.2, 0.25) is 0 Å². The number of halogens is 2. The second-order valence-corrected chi connectivity index (χ2v) is 4.31. The zero-order valence-electron chi connectivity index (χ0n) is 11.2. The number of ether oxygens (including phenoxy) is 2. The van der Waals surface area contributed by atoms with Crippen molar-refractivity contribution < 1.29 is 18.3 Å². The number of nitrogen functional groups attached to an aromatic ring is 1. The van der Waals surface area contributed by atoms with E-state index in [1.54, 1.807) is 18.2 Å². The molecule has 0 atom stereocenters. The topological polar surface area (TPSA) is 56.5 Å². The Kier molecular flexibility index (Phi) is 6.35. The van der Waals surface area contributed by atoms with Crippen LogP contribution in [0.1, 0.15) is 13.8 Å². The van der Waals surface area contributed by atoms with Gasteiger partial charge in [0.15, 0.2) is 0 Å². The number of nitrogens with one attached hydrogen (secondary N) is 1. The minimum Gasteiger partial charge on any atom is -0.489 e. The minimum atomic E-state index is -2.43. The second-order valence-electron chi connectivity index (χ2n) is 4.31. The van der Waals surface area contributed by atoms with Gasteiger partial charge in [-0.25, -0.2) is 8.78 Å². The van der Waals surface area contributed by atoms with E-state index in [1.807, 2.05) is 13.8 Å². The van der Waals surface area contributed by atoms with Crippen molar-refractivity contribution in [3.05, 3.63) is 18.2 Å². The van der Waals surface area contributed by atoms with Gasteiger partial charge in [0, 0.05) is 18.3 Å². The Balaban J connectivity index is 2.41. The fraction of sp³-hybridized carbons (Fsp3) is 0.538. The zero-order valence-corrected chi connectivity index (χ0v) is 11.2. The molecule has 1 aromatic rings. The molecule has 0 unspecified atom stereocenters. The predicted octanol–water partition coefficient (Wildman–Crippen LogP) is 2.75. The third kappa shape index (κ3) is 6.24. The molecule has 0 spiro atoms. The molecule has 6 heteroatoms. The SMILES string of the molecule is CC(C)Oc1cc(NCCOCC(F)F)ccc1N. The standard InChI is InChI=1S/C13H20F2N2O2/c1-9(2)19-12-7-10(3-4-11(12)16)17-5-6-18-8-13(14)15/h3-4,7,9,13,17H,5-6,8,16H2,1-2H3. The normalized spacial score (nSPS) is 11.1. The van der Waals surface area contributed by atoms with Gasteiger partial charge in [-0.2, -0.15) is 0 Å². The molecule has 0 aromatic heterocycles. The van der Waals surface area contributed by atoms with E-state index in [9.17, 15) is 8.78 Å². The molecule has 4 nitrogen and oxygen atoms in total. The molecule has 0 radical (unpaired) electrons. The Labute approximate surface area is 111 Å². The Morgan fingerprint density at radius 3 is 2.68 bits per heavy atom. The fourth-order valence-electron chi connectivity index (χ4n) is 1.44. The lowest BCUT2D eigenvalue weighted by atomic mass is 10.2. The predicted molar refractivity (Wildman–Crippen MR) is 71.9 cm³/mol. The van der Waals surface area contributed by atoms with Crippen molar-refractivity contribution in [1.29, 1.82) is 0 Å². The average molecular weight is 274 g/mol. The minimum absolute atomic E-state index is 0.0342. The monoisotopic (exact) mass is 274 g/mol. The molecule has 0 saturated heterocycles. The summed E-state index contributed by atoms with van der Waals surface area (Å²) in [6, 6.07) is 5.32. The highest BCUT2D eigenvalue weighted by molar-refractivity contribution is 5.61. The number of alkyl halides is 2. The average Bonchev–Trinajstić information content (AvgIpc) is 2.31. The maximum atomic E-state index is 11.8. The van der Waals surface area contributed by atoms with Crippen molar-refractivity contribution >= 4 is 11.4 Å². The van der Waals surface area contributed by atoms with Crippen LogP contribution in [0.4, 0.5) is 20.2 Å². The van der Waals surface area contributed by atoms with Crippen LogP contribution in [0.3, 0.4) is 0 Å². The van der Waals surface area contributed by atoms with Crippen LogP contribution in [0.5, 0.6) is 5.75 Å². The highest BCUT2D eigenvalue weighted by Crippen LogP contribution is 2.26. The van der Waals surface area contributed by atoms with E-state index in [4.69, 9.17) is 15.2 Å². The van der Waals surface area contributed by atoms with E-state index >= 15 is 0 Å². The molecule has 0 fully saturated rings. The summed E-state index contributed by atoms with van der Waals surface area (Å²) in [6.07, 6.45) is -2.39. The van der Waals surface area contributed by atoms with E-state index in [0.29, 0.717) is 18.0 Å². The van der Waals surface area contributed by atoms with Gasteiger partial charge in [-0.3, -0.25) is 0 Å². The van der Waals surface area contributed by atoms with Crippen molar-refractivity contribution in [2.45, 2.75) is 26.4 Å². The summed E-state index contributed by atoms with van der Waals surface area (Å²) in [7, 11) is 0. The van der Waals surface area contributed by atoms with Gasteiger partial charge in [-0.1, -0.05) is 0 Å². The first kappa shape index (κ1) is 15.5. The fourth-order valence-corrected chi connectivity index (χ4v) is 1.44. The highest BCUT2D eigenvalue weighted by atomic mass is 19.3. The van der Waals surface area contributed by atoms with Crippen molar-refractivity contribution in [2.75, 3.05) is 30.8 Å². The molecule has 1 aromatic carbocycles. The first-order chi connectivity index (χ1) is 8.99. The summed E-state index contributed by atoms with van der Waals surface area (Å²) in [5.74, 6) is 0.605. The number of hydrogen-bond donors (Lipinski definition) is 2. The lowest BCUT2D eigenvalue weighted by Crippen LogP contribution is -2.13. The van der Waals surface area contributed by atoms with Crippen LogP contribution < -0.4 is 15.8 Å². The summed E-state index contributed by atoms with van der Waals surface area (Å²) in [4.78, 5) is 0. The quantitative estimate of drug-likeness (QED) is 0.565. The molecule has 1 rings (SSSR count). The van der Waals surface area contributed by atoms with Crippen LogP contribution in [0, 0.1) is 0 Å². The molecule has 3 N–H and O–H groups in total. The van der Waals surface area contributed by atoms with Crippen LogP contribution in [0.25, 0.3) is 0 Å². The summed E-state index contributed by atoms with van der Waals surface area (Å²) >= 11 is 0. The highest BCUT2D eigenvalue weighted by Gasteiger charge is 2.05. The molecule has 0 aliphatic heterocycles. The maximum absolute atomic E-state index is 11.8. The first-order valence-corrected chi connectivity index (χ1v) is 6.15. The Bertz CT molecular complexity index is 387. The molecular formula is C13H20F2N2O2. The lowest BCUT2D eigenvalue weighted by molar-refractivity contribution is 0.0215. The third-order valence-corrected chi connectivity index (χ3v) is 2.20. The molecule has 0 saturated carbocycles. The zero-order chi connectivity index (χ0) is 14.3. The van der Waals surface area contributed by atoms with E-state index < -0.39 is 13.0 Å². The van der Waals surface area contributed by atoms with Crippen molar-refractivity contribution in [1.82, 2.24) is 0 Å². The van der Waals surface area contributed by atoms with E-state index in [-0.39, 0.29) is 12.7 Å². The van der Waals surface area contributed by atoms with Crippen molar-refractivity contribution in [2.24, 2.45) is 0 Å². The van der Waals surface area contributed by atoms with E-state index in [0.717, 1.165) is 5.69 Å². The molecule has 0 aliphatic rings. The van der Waals surface area contributed by atoms with Crippen LogP contribution >= 0.6 is 0 Å². The number of anilines is 2. The van der Waals surface area contributed by atoms with Gasteiger partial charge in [-0.05, 0) is 26.0 Å². The van der Waals surface area contributed by atoms with Gasteiger partial charge < -0.3 is 20.5 Å². The maximum Gasteiger partial charge on any atom is 0.261 e. The summed E-state index contributed by atoms with van der Waals surface area (Å²) in [6.45, 7) is 3.95. The lowest BCUT2D eigenvalue weighted by Gasteiger charge is -2.14. The van der Waals surface area contributed by atoms with Gasteiger partial charge in [0.1, 0.15) is 12.4 Å². The van der Waals surface area contributed by atoms with Crippen molar-refractivity contribution in [3.63, 3.8) is 0 Å². The Morgan fingerprint density at radius 1 is 1.32 bits per heavy atom. The molecule has 0 amide bonds. The number of rotatable bonds is 8. The van der Waals surface area contributed by atoms with Gasteiger partial charge in [0.05, 0.1) is 18.4 Å². The van der Waals surface area contributed by atoms with Crippen LogP contribution in [-0.2, 0) is 4.74 Å². The number of nitrogens with two attached hydrogens (primary N) is 1. The molecule has 0 heterocycles. The summed E-state index contributed by atoms with van der Waals surface area (Å²) in [5, 5.41) is 3.05. The molecule has 0 aliphatic carbocycles. The summed E-state index contributed by atoms with van der Waals surface area (Å²) in [5.41, 5.74) is 7.16. The molecule has 108 valence electrons. The molecule has 0 bridgehead atoms. The second kappa shape index (κ2) is 7.78. The van der Waals surface area contributed by atoms with E-state index in [1.165, 1.54) is 0 Å². The molecule has 19 heavy (non-hydrogen) atoms. The Morgan fingerprint density at radius 2 is 2.05 bits per heavy atom. The molecular weight excluding hydrogens is 254 g/mol. The Hall–Kier alpha value is -1.56. The summed E-state index contributed by atoms with van der Waals surface area (Å²) < 4.78 is 34.0. The van der Waals surface area contributed by atoms with E-state index in [2.05, 4.69) is 5.32 Å². The smallest absolute Gasteiger partial charge is 0.261 e. The van der Waals surface area contributed by atoms with Gasteiger partial charge in [0.25, 0.3) is 6.43 Å². The number of hydrogen-bond acceptors (Lipinski definition) is 4. The first-order valence-electron chi connectivity index (χ1n) is 6.15. The van der Waals surface area contributed by atoms with Gasteiger partial charge in [-0.15, -0.1) is 0 Å².